The van der Waals surface area contributed by atoms with Crippen molar-refractivity contribution in [3.05, 3.63) is 23.5 Å². The maximum absolute atomic E-state index is 11.3. The van der Waals surface area contributed by atoms with Gasteiger partial charge in [-0.05, 0) is 11.6 Å². The van der Waals surface area contributed by atoms with Gasteiger partial charge in [-0.25, -0.2) is 4.79 Å². The highest BCUT2D eigenvalue weighted by molar-refractivity contribution is 5.88. The SMILES string of the molecule is COC(=O)c1cc([C@H](O)CC(=O)O)cn1C. The third kappa shape index (κ3) is 2.60. The van der Waals surface area contributed by atoms with Crippen LogP contribution in [0.3, 0.4) is 0 Å². The lowest BCUT2D eigenvalue weighted by atomic mass is 10.1. The molecule has 2 N–H and O–H groups in total. The predicted octanol–water partition coefficient (Wildman–Crippen LogP) is 0.320. The van der Waals surface area contributed by atoms with Gasteiger partial charge in [-0.2, -0.15) is 0 Å². The minimum atomic E-state index is -1.12. The smallest absolute Gasteiger partial charge is 0.354 e. The van der Waals surface area contributed by atoms with Crippen molar-refractivity contribution >= 4 is 11.9 Å². The average Bonchev–Trinajstić information content (AvgIpc) is 2.58. The van der Waals surface area contributed by atoms with E-state index in [-0.39, 0.29) is 5.69 Å². The van der Waals surface area contributed by atoms with Crippen LogP contribution in [0.2, 0.25) is 0 Å². The molecule has 0 radical (unpaired) electrons. The van der Waals surface area contributed by atoms with Crippen LogP contribution in [0, 0.1) is 0 Å². The lowest BCUT2D eigenvalue weighted by molar-refractivity contribution is -0.139. The van der Waals surface area contributed by atoms with Gasteiger partial charge in [0.25, 0.3) is 0 Å². The second-order valence-electron chi connectivity index (χ2n) is 3.37. The molecule has 1 aromatic heterocycles. The first-order chi connectivity index (χ1) is 7.45. The molecule has 6 nitrogen and oxygen atoms in total. The van der Waals surface area contributed by atoms with Crippen molar-refractivity contribution in [2.24, 2.45) is 7.05 Å². The van der Waals surface area contributed by atoms with Gasteiger partial charge in [0.05, 0.1) is 19.6 Å². The number of carbonyl (C=O) groups is 2. The van der Waals surface area contributed by atoms with Crippen LogP contribution in [-0.2, 0) is 16.6 Å². The van der Waals surface area contributed by atoms with Crippen LogP contribution in [-0.4, -0.2) is 33.8 Å². The molecule has 0 unspecified atom stereocenters. The van der Waals surface area contributed by atoms with Crippen molar-refractivity contribution in [2.75, 3.05) is 7.11 Å². The number of aromatic nitrogens is 1. The molecule has 0 fully saturated rings. The topological polar surface area (TPSA) is 88.8 Å². The Bertz CT molecular complexity index is 409. The number of aliphatic hydroxyl groups excluding tert-OH is 1. The zero-order valence-electron chi connectivity index (χ0n) is 9.01. The number of nitrogens with zero attached hydrogens (tertiary/aromatic N) is 1. The van der Waals surface area contributed by atoms with Crippen LogP contribution >= 0.6 is 0 Å². The molecule has 0 amide bonds. The molecule has 1 aromatic rings. The number of carbonyl (C=O) groups excluding carboxylic acids is 1. The van der Waals surface area contributed by atoms with Gasteiger partial charge in [-0.15, -0.1) is 0 Å². The monoisotopic (exact) mass is 227 g/mol. The van der Waals surface area contributed by atoms with Crippen LogP contribution in [0.1, 0.15) is 28.6 Å². The lowest BCUT2D eigenvalue weighted by Crippen LogP contribution is -2.06. The van der Waals surface area contributed by atoms with Gasteiger partial charge < -0.3 is 19.5 Å². The maximum atomic E-state index is 11.3. The van der Waals surface area contributed by atoms with Gasteiger partial charge in [-0.3, -0.25) is 4.79 Å². The molecule has 0 bridgehead atoms. The maximum Gasteiger partial charge on any atom is 0.354 e. The first-order valence-corrected chi connectivity index (χ1v) is 4.60. The van der Waals surface area contributed by atoms with E-state index in [9.17, 15) is 14.7 Å². The summed E-state index contributed by atoms with van der Waals surface area (Å²) in [7, 11) is 2.87. The summed E-state index contributed by atoms with van der Waals surface area (Å²) in [5.41, 5.74) is 0.646. The van der Waals surface area contributed by atoms with E-state index < -0.39 is 24.5 Å². The van der Waals surface area contributed by atoms with Gasteiger partial charge in [0.15, 0.2) is 0 Å². The minimum absolute atomic E-state index is 0.266. The summed E-state index contributed by atoms with van der Waals surface area (Å²) in [6.45, 7) is 0. The minimum Gasteiger partial charge on any atom is -0.481 e. The molecule has 16 heavy (non-hydrogen) atoms. The molecule has 1 atom stereocenters. The van der Waals surface area contributed by atoms with Crippen molar-refractivity contribution < 1.29 is 24.5 Å². The summed E-state index contributed by atoms with van der Waals surface area (Å²) < 4.78 is 6.01. The Morgan fingerprint density at radius 2 is 2.19 bits per heavy atom. The quantitative estimate of drug-likeness (QED) is 0.723. The fourth-order valence-corrected chi connectivity index (χ4v) is 1.36. The Morgan fingerprint density at radius 1 is 1.56 bits per heavy atom. The summed E-state index contributed by atoms with van der Waals surface area (Å²) >= 11 is 0. The number of esters is 1. The normalized spacial score (nSPS) is 12.2. The highest BCUT2D eigenvalue weighted by atomic mass is 16.5. The number of ether oxygens (including phenoxy) is 1. The van der Waals surface area contributed by atoms with Crippen molar-refractivity contribution in [1.82, 2.24) is 4.57 Å². The van der Waals surface area contributed by atoms with Crippen LogP contribution in [0.15, 0.2) is 12.3 Å². The Hall–Kier alpha value is -1.82. The van der Waals surface area contributed by atoms with Gasteiger partial charge in [0.2, 0.25) is 0 Å². The Balaban J connectivity index is 2.91. The molecule has 0 saturated carbocycles. The molecule has 0 aromatic carbocycles. The highest BCUT2D eigenvalue weighted by Gasteiger charge is 2.18. The number of rotatable bonds is 4. The Morgan fingerprint density at radius 3 is 2.69 bits per heavy atom. The standard InChI is InChI=1S/C10H13NO5/c1-11-5-6(8(12)4-9(13)14)3-7(11)10(15)16-2/h3,5,8,12H,4H2,1-2H3,(H,13,14)/t8-/m1/s1. The molecule has 0 aliphatic heterocycles. The average molecular weight is 227 g/mol. The molecule has 0 aliphatic carbocycles. The van der Waals surface area contributed by atoms with E-state index in [0.717, 1.165) is 0 Å². The molecular weight excluding hydrogens is 214 g/mol. The number of methoxy groups -OCH3 is 1. The van der Waals surface area contributed by atoms with E-state index in [2.05, 4.69) is 4.74 Å². The number of carboxylic acid groups (broad SMARTS) is 1. The van der Waals surface area contributed by atoms with Crippen LogP contribution in [0.25, 0.3) is 0 Å². The zero-order valence-corrected chi connectivity index (χ0v) is 9.01. The third-order valence-electron chi connectivity index (χ3n) is 2.17. The number of aryl methyl sites for hydroxylation is 1. The number of aliphatic hydroxyl groups is 1. The Labute approximate surface area is 92.1 Å². The molecule has 88 valence electrons. The zero-order chi connectivity index (χ0) is 12.3. The molecular formula is C10H13NO5. The Kier molecular flexibility index (Phi) is 3.68. The number of hydrogen-bond acceptors (Lipinski definition) is 4. The number of hydrogen-bond donors (Lipinski definition) is 2. The molecule has 1 heterocycles. The fraction of sp³-hybridized carbons (Fsp3) is 0.400. The van der Waals surface area contributed by atoms with E-state index in [4.69, 9.17) is 5.11 Å². The van der Waals surface area contributed by atoms with Crippen molar-refractivity contribution in [1.29, 1.82) is 0 Å². The van der Waals surface area contributed by atoms with E-state index in [1.54, 1.807) is 7.05 Å². The van der Waals surface area contributed by atoms with Gasteiger partial charge in [0.1, 0.15) is 5.69 Å². The summed E-state index contributed by atoms with van der Waals surface area (Å²) in [5.74, 6) is -1.63. The molecule has 1 rings (SSSR count). The van der Waals surface area contributed by atoms with Gasteiger partial charge in [-0.1, -0.05) is 0 Å². The fourth-order valence-electron chi connectivity index (χ4n) is 1.36. The van der Waals surface area contributed by atoms with E-state index in [0.29, 0.717) is 5.56 Å². The molecule has 6 heteroatoms. The first-order valence-electron chi connectivity index (χ1n) is 4.60. The van der Waals surface area contributed by atoms with Crippen LogP contribution < -0.4 is 0 Å². The molecule has 0 spiro atoms. The summed E-state index contributed by atoms with van der Waals surface area (Å²) in [4.78, 5) is 21.7. The largest absolute Gasteiger partial charge is 0.481 e. The predicted molar refractivity (Wildman–Crippen MR) is 54.0 cm³/mol. The van der Waals surface area contributed by atoms with Crippen LogP contribution in [0.4, 0.5) is 0 Å². The van der Waals surface area contributed by atoms with Crippen molar-refractivity contribution in [2.45, 2.75) is 12.5 Å². The second kappa shape index (κ2) is 4.80. The van der Waals surface area contributed by atoms with E-state index >= 15 is 0 Å². The first kappa shape index (κ1) is 12.3. The van der Waals surface area contributed by atoms with Crippen molar-refractivity contribution in [3.8, 4) is 0 Å². The molecule has 0 aliphatic rings. The summed E-state index contributed by atoms with van der Waals surface area (Å²) in [5, 5.41) is 18.1. The van der Waals surface area contributed by atoms with Gasteiger partial charge >= 0.3 is 11.9 Å². The second-order valence-corrected chi connectivity index (χ2v) is 3.37. The number of carboxylic acids is 1. The molecule has 0 saturated heterocycles. The van der Waals surface area contributed by atoms with Gasteiger partial charge in [0, 0.05) is 13.2 Å². The van der Waals surface area contributed by atoms with Crippen molar-refractivity contribution in [3.63, 3.8) is 0 Å². The third-order valence-corrected chi connectivity index (χ3v) is 2.17. The summed E-state index contributed by atoms with van der Waals surface area (Å²) in [6.07, 6.45) is -0.0214. The van der Waals surface area contributed by atoms with Crippen LogP contribution in [0.5, 0.6) is 0 Å². The van der Waals surface area contributed by atoms with E-state index in [1.165, 1.54) is 23.9 Å². The highest BCUT2D eigenvalue weighted by Crippen LogP contribution is 2.19. The van der Waals surface area contributed by atoms with E-state index in [1.807, 2.05) is 0 Å². The lowest BCUT2D eigenvalue weighted by Gasteiger charge is -2.03. The summed E-state index contributed by atoms with van der Waals surface area (Å²) in [6, 6.07) is 1.42. The number of aliphatic carboxylic acids is 1.